The summed E-state index contributed by atoms with van der Waals surface area (Å²) in [6, 6.07) is 3.94. The van der Waals surface area contributed by atoms with E-state index in [2.05, 4.69) is 9.88 Å². The van der Waals surface area contributed by atoms with Gasteiger partial charge in [0.2, 0.25) is 0 Å². The molecule has 1 aromatic heterocycles. The van der Waals surface area contributed by atoms with Crippen molar-refractivity contribution in [3.05, 3.63) is 30.1 Å². The number of carboxylic acid groups (broad SMARTS) is 1. The first kappa shape index (κ1) is 13.6. The molecular formula is C11H13N2NaO2. The maximum absolute atomic E-state index is 10.3. The summed E-state index contributed by atoms with van der Waals surface area (Å²) < 4.78 is 0. The number of pyridine rings is 1. The quantitative estimate of drug-likeness (QED) is 0.506. The zero-order chi connectivity index (χ0) is 10.7. The van der Waals surface area contributed by atoms with Gasteiger partial charge in [-0.15, -0.1) is 0 Å². The standard InChI is InChI=1S/C11H14N2O2.Na/c14-11(15)4-10-7-13(8-10)6-9-2-1-3-12-5-9;/h1-3,5,10H,4,6-8H2,(H,14,15);/q;+1/p-1. The van der Waals surface area contributed by atoms with Crippen LogP contribution in [-0.4, -0.2) is 28.9 Å². The Labute approximate surface area is 117 Å². The number of rotatable bonds is 4. The number of carbonyl (C=O) groups excluding carboxylic acids is 1. The van der Waals surface area contributed by atoms with Crippen molar-refractivity contribution in [2.24, 2.45) is 5.92 Å². The Hall–Kier alpha value is -0.420. The smallest absolute Gasteiger partial charge is 0.550 e. The third kappa shape index (κ3) is 3.87. The molecule has 0 saturated carbocycles. The Morgan fingerprint density at radius 1 is 1.56 bits per heavy atom. The minimum Gasteiger partial charge on any atom is -0.550 e. The van der Waals surface area contributed by atoms with Crippen molar-refractivity contribution in [1.82, 2.24) is 9.88 Å². The van der Waals surface area contributed by atoms with Gasteiger partial charge < -0.3 is 9.90 Å². The monoisotopic (exact) mass is 228 g/mol. The summed E-state index contributed by atoms with van der Waals surface area (Å²) in [5.41, 5.74) is 1.17. The van der Waals surface area contributed by atoms with Gasteiger partial charge in [-0.25, -0.2) is 0 Å². The molecule has 1 aromatic rings. The average Bonchev–Trinajstić information content (AvgIpc) is 2.15. The van der Waals surface area contributed by atoms with Gasteiger partial charge in [0, 0.05) is 38.0 Å². The molecule has 0 aliphatic carbocycles. The SMILES string of the molecule is O=C([O-])CC1CN(Cc2cccnc2)C1.[Na+]. The van der Waals surface area contributed by atoms with Crippen LogP contribution in [0.15, 0.2) is 24.5 Å². The predicted octanol–water partition coefficient (Wildman–Crippen LogP) is -3.34. The Bertz CT molecular complexity index is 339. The van der Waals surface area contributed by atoms with Gasteiger partial charge >= 0.3 is 29.6 Å². The minimum atomic E-state index is -0.943. The number of aromatic nitrogens is 1. The van der Waals surface area contributed by atoms with Crippen LogP contribution in [0.2, 0.25) is 0 Å². The Morgan fingerprint density at radius 2 is 2.31 bits per heavy atom. The zero-order valence-corrected chi connectivity index (χ0v) is 11.4. The number of hydrogen-bond acceptors (Lipinski definition) is 4. The molecular weight excluding hydrogens is 215 g/mol. The van der Waals surface area contributed by atoms with E-state index in [-0.39, 0.29) is 41.9 Å². The van der Waals surface area contributed by atoms with Gasteiger partial charge in [-0.05, 0) is 24.0 Å². The summed E-state index contributed by atoms with van der Waals surface area (Å²) in [5, 5.41) is 10.3. The summed E-state index contributed by atoms with van der Waals surface area (Å²) in [5.74, 6) is -0.673. The van der Waals surface area contributed by atoms with E-state index in [1.165, 1.54) is 5.56 Å². The fourth-order valence-electron chi connectivity index (χ4n) is 1.92. The fourth-order valence-corrected chi connectivity index (χ4v) is 1.92. The Morgan fingerprint density at radius 3 is 2.88 bits per heavy atom. The molecule has 1 fully saturated rings. The van der Waals surface area contributed by atoms with E-state index in [9.17, 15) is 9.90 Å². The van der Waals surface area contributed by atoms with E-state index < -0.39 is 5.97 Å². The predicted molar refractivity (Wildman–Crippen MR) is 52.6 cm³/mol. The second-order valence-corrected chi connectivity index (χ2v) is 4.00. The average molecular weight is 228 g/mol. The van der Waals surface area contributed by atoms with Crippen molar-refractivity contribution in [3.8, 4) is 0 Å². The van der Waals surface area contributed by atoms with Crippen LogP contribution in [0, 0.1) is 5.92 Å². The van der Waals surface area contributed by atoms with Crippen LogP contribution in [0.5, 0.6) is 0 Å². The molecule has 2 rings (SSSR count). The van der Waals surface area contributed by atoms with Crippen LogP contribution < -0.4 is 34.7 Å². The molecule has 0 radical (unpaired) electrons. The fraction of sp³-hybridized carbons (Fsp3) is 0.455. The maximum atomic E-state index is 10.3. The molecule has 5 heteroatoms. The van der Waals surface area contributed by atoms with Crippen molar-refractivity contribution < 1.29 is 39.5 Å². The van der Waals surface area contributed by atoms with Crippen LogP contribution in [0.4, 0.5) is 0 Å². The van der Waals surface area contributed by atoms with Crippen molar-refractivity contribution in [3.63, 3.8) is 0 Å². The third-order valence-electron chi connectivity index (χ3n) is 2.62. The summed E-state index contributed by atoms with van der Waals surface area (Å²) >= 11 is 0. The van der Waals surface area contributed by atoms with Crippen LogP contribution in [0.1, 0.15) is 12.0 Å². The third-order valence-corrected chi connectivity index (χ3v) is 2.62. The molecule has 16 heavy (non-hydrogen) atoms. The number of aliphatic carboxylic acids is 1. The molecule has 0 amide bonds. The number of carboxylic acids is 1. The number of carbonyl (C=O) groups is 1. The largest absolute Gasteiger partial charge is 1.00 e. The second-order valence-electron chi connectivity index (χ2n) is 4.00. The van der Waals surface area contributed by atoms with Crippen molar-refractivity contribution in [1.29, 1.82) is 0 Å². The maximum Gasteiger partial charge on any atom is 1.00 e. The van der Waals surface area contributed by atoms with E-state index in [0.717, 1.165) is 19.6 Å². The number of likely N-dealkylation sites (tertiary alicyclic amines) is 1. The van der Waals surface area contributed by atoms with Crippen LogP contribution in [0.25, 0.3) is 0 Å². The van der Waals surface area contributed by atoms with Gasteiger partial charge in [0.05, 0.1) is 0 Å². The summed E-state index contributed by atoms with van der Waals surface area (Å²) in [4.78, 5) is 16.6. The van der Waals surface area contributed by atoms with E-state index >= 15 is 0 Å². The normalized spacial score (nSPS) is 16.2. The Balaban J connectivity index is 0.00000128. The van der Waals surface area contributed by atoms with E-state index in [1.54, 1.807) is 6.20 Å². The summed E-state index contributed by atoms with van der Waals surface area (Å²) in [6.45, 7) is 2.56. The molecule has 4 nitrogen and oxygen atoms in total. The molecule has 0 N–H and O–H groups in total. The molecule has 80 valence electrons. The summed E-state index contributed by atoms with van der Waals surface area (Å²) in [6.07, 6.45) is 3.77. The van der Waals surface area contributed by atoms with E-state index in [4.69, 9.17) is 0 Å². The van der Waals surface area contributed by atoms with Gasteiger partial charge in [-0.3, -0.25) is 9.88 Å². The number of nitrogens with zero attached hydrogens (tertiary/aromatic N) is 2. The van der Waals surface area contributed by atoms with Gasteiger partial charge in [-0.2, -0.15) is 0 Å². The number of hydrogen-bond donors (Lipinski definition) is 0. The molecule has 0 spiro atoms. The van der Waals surface area contributed by atoms with Gasteiger partial charge in [0.1, 0.15) is 0 Å². The molecule has 0 aromatic carbocycles. The van der Waals surface area contributed by atoms with Gasteiger partial charge in [0.25, 0.3) is 0 Å². The first-order chi connectivity index (χ1) is 7.24. The first-order valence-corrected chi connectivity index (χ1v) is 5.05. The molecule has 0 unspecified atom stereocenters. The second kappa shape index (κ2) is 6.35. The van der Waals surface area contributed by atoms with Crippen molar-refractivity contribution in [2.75, 3.05) is 13.1 Å². The van der Waals surface area contributed by atoms with Gasteiger partial charge in [-0.1, -0.05) is 6.07 Å². The molecule has 1 saturated heterocycles. The molecule has 2 heterocycles. The zero-order valence-electron chi connectivity index (χ0n) is 9.43. The summed E-state index contributed by atoms with van der Waals surface area (Å²) in [7, 11) is 0. The van der Waals surface area contributed by atoms with Crippen molar-refractivity contribution >= 4 is 5.97 Å². The Kier molecular flexibility index (Phi) is 5.41. The van der Waals surface area contributed by atoms with Crippen molar-refractivity contribution in [2.45, 2.75) is 13.0 Å². The van der Waals surface area contributed by atoms with Gasteiger partial charge in [0.15, 0.2) is 0 Å². The van der Waals surface area contributed by atoms with Crippen LogP contribution in [-0.2, 0) is 11.3 Å². The molecule has 0 bridgehead atoms. The van der Waals surface area contributed by atoms with E-state index in [0.29, 0.717) is 0 Å². The molecule has 0 atom stereocenters. The van der Waals surface area contributed by atoms with E-state index in [1.807, 2.05) is 18.3 Å². The van der Waals surface area contributed by atoms with Crippen LogP contribution in [0.3, 0.4) is 0 Å². The molecule has 1 aliphatic rings. The van der Waals surface area contributed by atoms with Crippen LogP contribution >= 0.6 is 0 Å². The topological polar surface area (TPSA) is 56.3 Å². The molecule has 1 aliphatic heterocycles. The first-order valence-electron chi connectivity index (χ1n) is 5.05. The minimum absolute atomic E-state index is 0.